The summed E-state index contributed by atoms with van der Waals surface area (Å²) in [6, 6.07) is 4.64. The zero-order valence-corrected chi connectivity index (χ0v) is 11.3. The molecule has 0 saturated heterocycles. The maximum Gasteiger partial charge on any atom is 0.137 e. The molecule has 1 aliphatic rings. The van der Waals surface area contributed by atoms with Gasteiger partial charge in [-0.05, 0) is 49.8 Å². The van der Waals surface area contributed by atoms with E-state index in [1.165, 1.54) is 24.1 Å². The largest absolute Gasteiger partial charge is 0.396 e. The minimum Gasteiger partial charge on any atom is -0.396 e. The molecule has 1 saturated carbocycles. The summed E-state index contributed by atoms with van der Waals surface area (Å²) in [7, 11) is 0. The number of fused-ring (bicyclic) bond motifs is 1. The third-order valence-corrected chi connectivity index (χ3v) is 3.92. The second-order valence-electron chi connectivity index (χ2n) is 5.52. The van der Waals surface area contributed by atoms with Gasteiger partial charge in [0, 0.05) is 25.4 Å². The molecule has 1 fully saturated rings. The van der Waals surface area contributed by atoms with Crippen LogP contribution in [0.2, 0.25) is 0 Å². The first-order chi connectivity index (χ1) is 9.28. The van der Waals surface area contributed by atoms with E-state index >= 15 is 0 Å². The number of aryl methyl sites for hydroxylation is 1. The second-order valence-corrected chi connectivity index (χ2v) is 5.52. The Morgan fingerprint density at radius 2 is 2.37 bits per heavy atom. The molecule has 2 heterocycles. The lowest BCUT2D eigenvalue weighted by molar-refractivity contribution is 0.255. The molecule has 0 aromatic carbocycles. The molecule has 4 heteroatoms. The maximum atomic E-state index is 9.12. The Morgan fingerprint density at radius 3 is 3.11 bits per heavy atom. The van der Waals surface area contributed by atoms with Gasteiger partial charge in [-0.1, -0.05) is 0 Å². The first-order valence-electron chi connectivity index (χ1n) is 7.05. The van der Waals surface area contributed by atoms with Crippen LogP contribution in [-0.2, 0) is 6.54 Å². The smallest absolute Gasteiger partial charge is 0.137 e. The Kier molecular flexibility index (Phi) is 3.53. The third-order valence-electron chi connectivity index (χ3n) is 3.92. The first kappa shape index (κ1) is 12.6. The van der Waals surface area contributed by atoms with Gasteiger partial charge in [-0.2, -0.15) is 0 Å². The Labute approximate surface area is 113 Å². The van der Waals surface area contributed by atoms with Crippen LogP contribution in [0.5, 0.6) is 0 Å². The van der Waals surface area contributed by atoms with Crippen LogP contribution >= 0.6 is 0 Å². The van der Waals surface area contributed by atoms with Crippen molar-refractivity contribution in [1.82, 2.24) is 14.7 Å². The van der Waals surface area contributed by atoms with Crippen molar-refractivity contribution >= 4 is 5.65 Å². The van der Waals surface area contributed by atoms with Crippen LogP contribution < -0.4 is 5.32 Å². The van der Waals surface area contributed by atoms with Crippen molar-refractivity contribution in [2.24, 2.45) is 5.92 Å². The Morgan fingerprint density at radius 1 is 1.53 bits per heavy atom. The highest BCUT2D eigenvalue weighted by atomic mass is 16.3. The molecule has 0 spiro atoms. The van der Waals surface area contributed by atoms with Gasteiger partial charge in [0.05, 0.1) is 11.9 Å². The fraction of sp³-hybridized carbons (Fsp3) is 0.533. The highest BCUT2D eigenvalue weighted by molar-refractivity contribution is 5.42. The van der Waals surface area contributed by atoms with E-state index in [-0.39, 0.29) is 6.61 Å². The Balaban J connectivity index is 1.70. The van der Waals surface area contributed by atoms with Crippen molar-refractivity contribution in [3.63, 3.8) is 0 Å². The number of hydrogen-bond donors (Lipinski definition) is 2. The molecule has 2 aromatic rings. The van der Waals surface area contributed by atoms with E-state index in [2.05, 4.69) is 40.0 Å². The fourth-order valence-corrected chi connectivity index (χ4v) is 2.64. The molecule has 19 heavy (non-hydrogen) atoms. The molecule has 1 unspecified atom stereocenters. The topological polar surface area (TPSA) is 49.6 Å². The summed E-state index contributed by atoms with van der Waals surface area (Å²) in [6.45, 7) is 3.16. The summed E-state index contributed by atoms with van der Waals surface area (Å²) >= 11 is 0. The molecule has 0 aliphatic heterocycles. The van der Waals surface area contributed by atoms with Gasteiger partial charge >= 0.3 is 0 Å². The van der Waals surface area contributed by atoms with Crippen LogP contribution in [0.4, 0.5) is 0 Å². The van der Waals surface area contributed by atoms with Gasteiger partial charge in [0.25, 0.3) is 0 Å². The van der Waals surface area contributed by atoms with Crippen molar-refractivity contribution in [2.45, 2.75) is 38.8 Å². The van der Waals surface area contributed by atoms with Gasteiger partial charge in [0.15, 0.2) is 0 Å². The lowest BCUT2D eigenvalue weighted by Crippen LogP contribution is -2.31. The van der Waals surface area contributed by atoms with Crippen LogP contribution in [0, 0.1) is 12.8 Å². The lowest BCUT2D eigenvalue weighted by atomic mass is 10.1. The average Bonchev–Trinajstić information content (AvgIpc) is 3.16. The average molecular weight is 259 g/mol. The molecule has 2 aromatic heterocycles. The zero-order chi connectivity index (χ0) is 13.2. The van der Waals surface area contributed by atoms with Crippen LogP contribution in [0.25, 0.3) is 5.65 Å². The Bertz CT molecular complexity index is 560. The van der Waals surface area contributed by atoms with E-state index in [0.717, 1.165) is 24.5 Å². The molecule has 1 atom stereocenters. The minimum absolute atomic E-state index is 0.264. The predicted molar refractivity (Wildman–Crippen MR) is 75.0 cm³/mol. The normalized spacial score (nSPS) is 16.9. The van der Waals surface area contributed by atoms with Gasteiger partial charge < -0.3 is 14.8 Å². The van der Waals surface area contributed by atoms with Crippen LogP contribution in [0.3, 0.4) is 0 Å². The zero-order valence-electron chi connectivity index (χ0n) is 11.3. The van der Waals surface area contributed by atoms with Crippen LogP contribution in [0.15, 0.2) is 24.5 Å². The van der Waals surface area contributed by atoms with E-state index in [1.807, 2.05) is 6.20 Å². The summed E-state index contributed by atoms with van der Waals surface area (Å²) in [5.74, 6) is 0.758. The number of imidazole rings is 1. The van der Waals surface area contributed by atoms with E-state index in [4.69, 9.17) is 5.11 Å². The van der Waals surface area contributed by atoms with Crippen molar-refractivity contribution in [2.75, 3.05) is 6.61 Å². The monoisotopic (exact) mass is 259 g/mol. The molecule has 0 amide bonds. The van der Waals surface area contributed by atoms with E-state index in [9.17, 15) is 0 Å². The molecule has 2 N–H and O–H groups in total. The summed E-state index contributed by atoms with van der Waals surface area (Å²) in [5.41, 5.74) is 3.41. The van der Waals surface area contributed by atoms with Gasteiger partial charge in [-0.15, -0.1) is 0 Å². The number of aromatic nitrogens is 2. The molecular formula is C15H21N3O. The highest BCUT2D eigenvalue weighted by Gasteiger charge is 2.30. The van der Waals surface area contributed by atoms with Crippen LogP contribution in [0.1, 0.15) is 30.5 Å². The van der Waals surface area contributed by atoms with Gasteiger partial charge in [-0.25, -0.2) is 4.98 Å². The van der Waals surface area contributed by atoms with Crippen molar-refractivity contribution in [3.05, 3.63) is 35.8 Å². The van der Waals surface area contributed by atoms with E-state index < -0.39 is 0 Å². The van der Waals surface area contributed by atoms with Crippen LogP contribution in [-0.4, -0.2) is 27.1 Å². The second kappa shape index (κ2) is 5.31. The summed E-state index contributed by atoms with van der Waals surface area (Å²) in [4.78, 5) is 4.44. The molecule has 102 valence electrons. The lowest BCUT2D eigenvalue weighted by Gasteiger charge is -2.16. The van der Waals surface area contributed by atoms with Gasteiger partial charge in [0.1, 0.15) is 5.65 Å². The number of nitrogens with zero attached hydrogens (tertiary/aromatic N) is 2. The van der Waals surface area contributed by atoms with Crippen molar-refractivity contribution in [1.29, 1.82) is 0 Å². The number of pyridine rings is 1. The highest BCUT2D eigenvalue weighted by Crippen LogP contribution is 2.34. The quantitative estimate of drug-likeness (QED) is 0.833. The van der Waals surface area contributed by atoms with Crippen molar-refractivity contribution in [3.8, 4) is 0 Å². The molecule has 0 radical (unpaired) electrons. The van der Waals surface area contributed by atoms with Gasteiger partial charge in [0.2, 0.25) is 0 Å². The summed E-state index contributed by atoms with van der Waals surface area (Å²) in [6.07, 6.45) is 7.45. The number of rotatable bonds is 6. The molecule has 4 nitrogen and oxygen atoms in total. The number of nitrogens with one attached hydrogen (secondary N) is 1. The standard InChI is InChI=1S/C15H21N3O/c1-11-4-6-18-13(10-17-15(18)8-11)9-16-14(5-7-19)12-2-3-12/h4,6,8,10,12,14,16,19H,2-3,5,7,9H2,1H3. The summed E-state index contributed by atoms with van der Waals surface area (Å²) < 4.78 is 2.13. The number of hydrogen-bond acceptors (Lipinski definition) is 3. The van der Waals surface area contributed by atoms with E-state index in [0.29, 0.717) is 6.04 Å². The predicted octanol–water partition coefficient (Wildman–Crippen LogP) is 1.89. The van der Waals surface area contributed by atoms with Gasteiger partial charge in [-0.3, -0.25) is 0 Å². The molecular weight excluding hydrogens is 238 g/mol. The third kappa shape index (κ3) is 2.80. The van der Waals surface area contributed by atoms with E-state index in [1.54, 1.807) is 0 Å². The molecule has 3 rings (SSSR count). The molecule has 0 bridgehead atoms. The number of aliphatic hydroxyl groups excluding tert-OH is 1. The first-order valence-corrected chi connectivity index (χ1v) is 7.05. The SMILES string of the molecule is Cc1ccn2c(CNC(CCO)C3CC3)cnc2c1. The minimum atomic E-state index is 0.264. The summed E-state index contributed by atoms with van der Waals surface area (Å²) in [5, 5.41) is 12.7. The maximum absolute atomic E-state index is 9.12. The van der Waals surface area contributed by atoms with Crippen molar-refractivity contribution < 1.29 is 5.11 Å². The molecule has 1 aliphatic carbocycles. The number of aliphatic hydroxyl groups is 1. The fourth-order valence-electron chi connectivity index (χ4n) is 2.64. The Hall–Kier alpha value is -1.39.